The molecule has 3 aromatic carbocycles. The number of carbonyl (C=O) groups excluding carboxylic acids is 1. The van der Waals surface area contributed by atoms with Crippen LogP contribution in [-0.4, -0.2) is 14.3 Å². The predicted octanol–water partition coefficient (Wildman–Crippen LogP) is 2.85. The first-order chi connectivity index (χ1) is 13.0. The summed E-state index contributed by atoms with van der Waals surface area (Å²) in [5.41, 5.74) is 8.28. The minimum Gasteiger partial charge on any atom is -0.366 e. The quantitative estimate of drug-likeness (QED) is 0.660. The normalized spacial score (nSPS) is 11.3. The summed E-state index contributed by atoms with van der Waals surface area (Å²) < 4.78 is 27.8. The molecular formula is C21H20N2O3S. The lowest BCUT2D eigenvalue weighted by Crippen LogP contribution is -2.23. The number of benzene rings is 3. The zero-order chi connectivity index (χ0) is 19.3. The molecular weight excluding hydrogens is 360 g/mol. The third-order valence-electron chi connectivity index (χ3n) is 4.20. The van der Waals surface area contributed by atoms with E-state index >= 15 is 0 Å². The SMILES string of the molecule is NC(=O)c1ccccc1Cc1cccc(S(=O)(=O)NCc2ccccc2)c1. The molecule has 0 aromatic heterocycles. The minimum absolute atomic E-state index is 0.187. The second-order valence-electron chi connectivity index (χ2n) is 6.16. The zero-order valence-electron chi connectivity index (χ0n) is 14.6. The molecule has 0 spiro atoms. The van der Waals surface area contributed by atoms with Gasteiger partial charge in [0.2, 0.25) is 15.9 Å². The van der Waals surface area contributed by atoms with E-state index in [0.717, 1.165) is 16.7 Å². The first-order valence-electron chi connectivity index (χ1n) is 8.46. The van der Waals surface area contributed by atoms with Gasteiger partial charge in [-0.2, -0.15) is 0 Å². The van der Waals surface area contributed by atoms with Crippen molar-refractivity contribution in [3.05, 3.63) is 101 Å². The van der Waals surface area contributed by atoms with Crippen LogP contribution in [0.2, 0.25) is 0 Å². The smallest absolute Gasteiger partial charge is 0.248 e. The Hall–Kier alpha value is -2.96. The summed E-state index contributed by atoms with van der Waals surface area (Å²) in [6.07, 6.45) is 0.418. The molecule has 0 saturated carbocycles. The summed E-state index contributed by atoms with van der Waals surface area (Å²) in [5.74, 6) is -0.501. The Kier molecular flexibility index (Phi) is 5.69. The fourth-order valence-electron chi connectivity index (χ4n) is 2.81. The van der Waals surface area contributed by atoms with Crippen molar-refractivity contribution < 1.29 is 13.2 Å². The van der Waals surface area contributed by atoms with Crippen LogP contribution in [0.1, 0.15) is 27.0 Å². The van der Waals surface area contributed by atoms with Crippen LogP contribution < -0.4 is 10.5 Å². The molecule has 0 heterocycles. The summed E-state index contributed by atoms with van der Waals surface area (Å²) in [4.78, 5) is 11.8. The summed E-state index contributed by atoms with van der Waals surface area (Å²) >= 11 is 0. The number of nitrogens with two attached hydrogens (primary N) is 1. The molecule has 0 radical (unpaired) electrons. The van der Waals surface area contributed by atoms with Gasteiger partial charge in [0.25, 0.3) is 0 Å². The first kappa shape index (κ1) is 18.8. The second-order valence-corrected chi connectivity index (χ2v) is 7.92. The van der Waals surface area contributed by atoms with Crippen LogP contribution in [-0.2, 0) is 23.0 Å². The molecule has 0 saturated heterocycles. The molecule has 6 heteroatoms. The molecule has 138 valence electrons. The molecule has 3 aromatic rings. The highest BCUT2D eigenvalue weighted by molar-refractivity contribution is 7.89. The van der Waals surface area contributed by atoms with Crippen molar-refractivity contribution in [2.75, 3.05) is 0 Å². The van der Waals surface area contributed by atoms with Gasteiger partial charge in [0.1, 0.15) is 0 Å². The molecule has 1 amide bonds. The van der Waals surface area contributed by atoms with E-state index in [1.54, 1.807) is 30.3 Å². The van der Waals surface area contributed by atoms with Gasteiger partial charge in [-0.05, 0) is 41.3 Å². The fraction of sp³-hybridized carbons (Fsp3) is 0.0952. The number of hydrogen-bond donors (Lipinski definition) is 2. The number of primary amides is 1. The van der Waals surface area contributed by atoms with E-state index in [4.69, 9.17) is 5.73 Å². The summed E-state index contributed by atoms with van der Waals surface area (Å²) in [6.45, 7) is 0.220. The van der Waals surface area contributed by atoms with Gasteiger partial charge in [-0.1, -0.05) is 60.7 Å². The third kappa shape index (κ3) is 4.81. The minimum atomic E-state index is -3.64. The summed E-state index contributed by atoms with van der Waals surface area (Å²) in [7, 11) is -3.64. The van der Waals surface area contributed by atoms with E-state index in [-0.39, 0.29) is 11.4 Å². The monoisotopic (exact) mass is 380 g/mol. The Morgan fingerprint density at radius 3 is 2.26 bits per heavy atom. The average molecular weight is 380 g/mol. The number of sulfonamides is 1. The van der Waals surface area contributed by atoms with E-state index < -0.39 is 15.9 Å². The van der Waals surface area contributed by atoms with E-state index in [2.05, 4.69) is 4.72 Å². The van der Waals surface area contributed by atoms with Crippen LogP contribution in [0.25, 0.3) is 0 Å². The molecule has 0 bridgehead atoms. The lowest BCUT2D eigenvalue weighted by molar-refractivity contribution is 0.0999. The maximum Gasteiger partial charge on any atom is 0.248 e. The Bertz CT molecular complexity index is 1050. The van der Waals surface area contributed by atoms with Crippen molar-refractivity contribution in [1.29, 1.82) is 0 Å². The van der Waals surface area contributed by atoms with Gasteiger partial charge in [0.15, 0.2) is 0 Å². The fourth-order valence-corrected chi connectivity index (χ4v) is 3.90. The van der Waals surface area contributed by atoms with Crippen LogP contribution in [0.5, 0.6) is 0 Å². The Balaban J connectivity index is 1.80. The molecule has 0 aliphatic carbocycles. The van der Waals surface area contributed by atoms with Gasteiger partial charge in [0.05, 0.1) is 4.90 Å². The number of rotatable bonds is 7. The first-order valence-corrected chi connectivity index (χ1v) is 9.94. The highest BCUT2D eigenvalue weighted by Crippen LogP contribution is 2.18. The number of carbonyl (C=O) groups is 1. The van der Waals surface area contributed by atoms with Gasteiger partial charge in [-0.15, -0.1) is 0 Å². The van der Waals surface area contributed by atoms with Crippen molar-refractivity contribution in [3.8, 4) is 0 Å². The molecule has 5 nitrogen and oxygen atoms in total. The van der Waals surface area contributed by atoms with E-state index in [1.807, 2.05) is 48.5 Å². The molecule has 0 aliphatic heterocycles. The number of amides is 1. The average Bonchev–Trinajstić information content (AvgIpc) is 2.68. The van der Waals surface area contributed by atoms with Gasteiger partial charge in [-0.3, -0.25) is 4.79 Å². The van der Waals surface area contributed by atoms with Crippen molar-refractivity contribution in [3.63, 3.8) is 0 Å². The van der Waals surface area contributed by atoms with E-state index in [9.17, 15) is 13.2 Å². The van der Waals surface area contributed by atoms with Crippen LogP contribution in [0.4, 0.5) is 0 Å². The van der Waals surface area contributed by atoms with E-state index in [1.165, 1.54) is 0 Å². The van der Waals surface area contributed by atoms with Gasteiger partial charge in [-0.25, -0.2) is 13.1 Å². The largest absolute Gasteiger partial charge is 0.366 e. The maximum atomic E-state index is 12.6. The standard InChI is InChI=1S/C21H20N2O3S/c22-21(24)20-12-5-4-10-18(20)13-17-9-6-11-19(14-17)27(25,26)23-15-16-7-2-1-3-8-16/h1-12,14,23H,13,15H2,(H2,22,24). The van der Waals surface area contributed by atoms with Crippen LogP contribution in [0.3, 0.4) is 0 Å². The third-order valence-corrected chi connectivity index (χ3v) is 5.59. The highest BCUT2D eigenvalue weighted by Gasteiger charge is 2.15. The molecule has 0 unspecified atom stereocenters. The van der Waals surface area contributed by atoms with Gasteiger partial charge >= 0.3 is 0 Å². The van der Waals surface area contributed by atoms with Crippen molar-refractivity contribution in [2.45, 2.75) is 17.9 Å². The van der Waals surface area contributed by atoms with Gasteiger partial charge in [0, 0.05) is 12.1 Å². The second kappa shape index (κ2) is 8.16. The number of nitrogens with one attached hydrogen (secondary N) is 1. The Labute approximate surface area is 158 Å². The van der Waals surface area contributed by atoms with Crippen LogP contribution >= 0.6 is 0 Å². The molecule has 27 heavy (non-hydrogen) atoms. The predicted molar refractivity (Wildman–Crippen MR) is 105 cm³/mol. The van der Waals surface area contributed by atoms with E-state index in [0.29, 0.717) is 12.0 Å². The number of hydrogen-bond acceptors (Lipinski definition) is 3. The zero-order valence-corrected chi connectivity index (χ0v) is 15.4. The molecule has 3 N–H and O–H groups in total. The van der Waals surface area contributed by atoms with Gasteiger partial charge < -0.3 is 5.73 Å². The molecule has 0 atom stereocenters. The maximum absolute atomic E-state index is 12.6. The van der Waals surface area contributed by atoms with Crippen molar-refractivity contribution in [2.24, 2.45) is 5.73 Å². The highest BCUT2D eigenvalue weighted by atomic mass is 32.2. The topological polar surface area (TPSA) is 89.3 Å². The lowest BCUT2D eigenvalue weighted by atomic mass is 9.99. The molecule has 0 aliphatic rings. The van der Waals surface area contributed by atoms with Crippen LogP contribution in [0, 0.1) is 0 Å². The summed E-state index contributed by atoms with van der Waals surface area (Å²) in [6, 6.07) is 23.1. The lowest BCUT2D eigenvalue weighted by Gasteiger charge is -2.10. The van der Waals surface area contributed by atoms with Crippen molar-refractivity contribution >= 4 is 15.9 Å². The Morgan fingerprint density at radius 2 is 1.52 bits per heavy atom. The van der Waals surface area contributed by atoms with Crippen LogP contribution in [0.15, 0.2) is 83.8 Å². The van der Waals surface area contributed by atoms with Crippen molar-refractivity contribution in [1.82, 2.24) is 4.72 Å². The Morgan fingerprint density at radius 1 is 0.852 bits per heavy atom. The molecule has 3 rings (SSSR count). The summed E-state index contributed by atoms with van der Waals surface area (Å²) in [5, 5.41) is 0. The molecule has 0 fully saturated rings.